The Morgan fingerprint density at radius 3 is 2.52 bits per heavy atom. The number of anilines is 1. The molecule has 0 saturated heterocycles. The predicted octanol–water partition coefficient (Wildman–Crippen LogP) is 2.26. The van der Waals surface area contributed by atoms with Gasteiger partial charge in [-0.25, -0.2) is 12.7 Å². The van der Waals surface area contributed by atoms with E-state index in [1.807, 2.05) is 0 Å². The van der Waals surface area contributed by atoms with Crippen molar-refractivity contribution < 1.29 is 27.6 Å². The van der Waals surface area contributed by atoms with Gasteiger partial charge in [-0.05, 0) is 31.2 Å². The molecule has 0 atom stereocenters. The molecule has 0 aliphatic rings. The number of carbonyl (C=O) groups excluding carboxylic acids is 1. The second kappa shape index (κ2) is 9.34. The zero-order chi connectivity index (χ0) is 21.6. The SMILES string of the molecule is CCOc1ccc(NC(=O)COc2cccc([N+](=O)[O-])c2)cc1S(=O)(=O)N(C)C. The fourth-order valence-electron chi connectivity index (χ4n) is 2.29. The van der Waals surface area contributed by atoms with Crippen LogP contribution in [-0.4, -0.2) is 50.9 Å². The van der Waals surface area contributed by atoms with Crippen LogP contribution in [0.1, 0.15) is 6.92 Å². The van der Waals surface area contributed by atoms with E-state index < -0.39 is 27.5 Å². The van der Waals surface area contributed by atoms with Gasteiger partial charge in [0.15, 0.2) is 6.61 Å². The summed E-state index contributed by atoms with van der Waals surface area (Å²) in [5.74, 6) is -0.224. The topological polar surface area (TPSA) is 128 Å². The van der Waals surface area contributed by atoms with Gasteiger partial charge in [-0.3, -0.25) is 14.9 Å². The average molecular weight is 423 g/mol. The molecule has 2 aromatic rings. The lowest BCUT2D eigenvalue weighted by molar-refractivity contribution is -0.384. The zero-order valence-electron chi connectivity index (χ0n) is 16.1. The molecule has 0 aliphatic carbocycles. The summed E-state index contributed by atoms with van der Waals surface area (Å²) in [6.07, 6.45) is 0. The summed E-state index contributed by atoms with van der Waals surface area (Å²) in [6, 6.07) is 9.69. The molecule has 2 rings (SSSR count). The number of nitrogens with zero attached hydrogens (tertiary/aromatic N) is 2. The Morgan fingerprint density at radius 2 is 1.90 bits per heavy atom. The van der Waals surface area contributed by atoms with Crippen LogP contribution >= 0.6 is 0 Å². The lowest BCUT2D eigenvalue weighted by atomic mass is 10.3. The number of nitro groups is 1. The molecule has 0 aromatic heterocycles. The molecule has 0 fully saturated rings. The van der Waals surface area contributed by atoms with E-state index in [0.717, 1.165) is 4.31 Å². The number of rotatable bonds is 9. The highest BCUT2D eigenvalue weighted by Crippen LogP contribution is 2.29. The van der Waals surface area contributed by atoms with Gasteiger partial charge >= 0.3 is 0 Å². The lowest BCUT2D eigenvalue weighted by Gasteiger charge is -2.16. The van der Waals surface area contributed by atoms with E-state index in [1.54, 1.807) is 6.92 Å². The van der Waals surface area contributed by atoms with Gasteiger partial charge in [-0.15, -0.1) is 0 Å². The number of nitrogens with one attached hydrogen (secondary N) is 1. The maximum absolute atomic E-state index is 12.5. The number of carbonyl (C=O) groups is 1. The first-order valence-electron chi connectivity index (χ1n) is 8.51. The standard InChI is InChI=1S/C18H21N3O7S/c1-4-27-16-9-8-13(10-17(16)29(25,26)20(2)3)19-18(22)12-28-15-7-5-6-14(11-15)21(23)24/h5-11H,4,12H2,1-3H3,(H,19,22). The number of hydrogen-bond acceptors (Lipinski definition) is 7. The molecule has 11 heteroatoms. The first kappa shape index (κ1) is 22.1. The van der Waals surface area contributed by atoms with Gasteiger partial charge in [0.25, 0.3) is 11.6 Å². The number of amides is 1. The number of non-ortho nitro benzene ring substituents is 1. The van der Waals surface area contributed by atoms with Gasteiger partial charge in [0.05, 0.1) is 17.6 Å². The van der Waals surface area contributed by atoms with Crippen molar-refractivity contribution in [1.29, 1.82) is 0 Å². The van der Waals surface area contributed by atoms with Crippen molar-refractivity contribution in [2.45, 2.75) is 11.8 Å². The summed E-state index contributed by atoms with van der Waals surface area (Å²) in [6.45, 7) is 1.59. The number of ether oxygens (including phenoxy) is 2. The largest absolute Gasteiger partial charge is 0.492 e. The minimum atomic E-state index is -3.79. The van der Waals surface area contributed by atoms with E-state index in [1.165, 1.54) is 56.6 Å². The Bertz CT molecular complexity index is 1010. The van der Waals surface area contributed by atoms with Crippen molar-refractivity contribution in [3.05, 3.63) is 52.6 Å². The van der Waals surface area contributed by atoms with Gasteiger partial charge in [-0.1, -0.05) is 6.07 Å². The number of sulfonamides is 1. The molecule has 0 unspecified atom stereocenters. The molecule has 156 valence electrons. The van der Waals surface area contributed by atoms with Crippen LogP contribution in [0, 0.1) is 10.1 Å². The van der Waals surface area contributed by atoms with Crippen molar-refractivity contribution in [2.24, 2.45) is 0 Å². The highest BCUT2D eigenvalue weighted by Gasteiger charge is 2.23. The summed E-state index contributed by atoms with van der Waals surface area (Å²) in [4.78, 5) is 22.3. The minimum Gasteiger partial charge on any atom is -0.492 e. The molecule has 0 aliphatic heterocycles. The monoisotopic (exact) mass is 423 g/mol. The van der Waals surface area contributed by atoms with Crippen LogP contribution in [0.2, 0.25) is 0 Å². The fourth-order valence-corrected chi connectivity index (χ4v) is 3.34. The summed E-state index contributed by atoms with van der Waals surface area (Å²) in [7, 11) is -1.01. The molecular formula is C18H21N3O7S. The number of hydrogen-bond donors (Lipinski definition) is 1. The molecule has 0 spiro atoms. The van der Waals surface area contributed by atoms with Crippen molar-refractivity contribution in [3.63, 3.8) is 0 Å². The normalized spacial score (nSPS) is 11.2. The van der Waals surface area contributed by atoms with E-state index in [2.05, 4.69) is 5.32 Å². The van der Waals surface area contributed by atoms with Crippen LogP contribution in [0.5, 0.6) is 11.5 Å². The Morgan fingerprint density at radius 1 is 1.17 bits per heavy atom. The molecule has 1 N–H and O–H groups in total. The molecule has 0 saturated carbocycles. The van der Waals surface area contributed by atoms with Crippen molar-refractivity contribution in [2.75, 3.05) is 32.6 Å². The second-order valence-corrected chi connectivity index (χ2v) is 8.09. The van der Waals surface area contributed by atoms with Crippen LogP contribution in [0.4, 0.5) is 11.4 Å². The predicted molar refractivity (Wildman–Crippen MR) is 106 cm³/mol. The highest BCUT2D eigenvalue weighted by molar-refractivity contribution is 7.89. The highest BCUT2D eigenvalue weighted by atomic mass is 32.2. The molecule has 29 heavy (non-hydrogen) atoms. The maximum Gasteiger partial charge on any atom is 0.273 e. The molecular weight excluding hydrogens is 402 g/mol. The molecule has 0 radical (unpaired) electrons. The first-order chi connectivity index (χ1) is 13.6. The van der Waals surface area contributed by atoms with Gasteiger partial charge < -0.3 is 14.8 Å². The summed E-state index contributed by atoms with van der Waals surface area (Å²) in [5, 5.41) is 13.3. The van der Waals surface area contributed by atoms with Crippen molar-refractivity contribution in [1.82, 2.24) is 4.31 Å². The number of benzene rings is 2. The summed E-state index contributed by atoms with van der Waals surface area (Å²) >= 11 is 0. The van der Waals surface area contributed by atoms with Crippen LogP contribution < -0.4 is 14.8 Å². The van der Waals surface area contributed by atoms with Crippen molar-refractivity contribution >= 4 is 27.3 Å². The van der Waals surface area contributed by atoms with E-state index in [-0.39, 0.29) is 34.4 Å². The number of nitro benzene ring substituents is 1. The van der Waals surface area contributed by atoms with E-state index in [4.69, 9.17) is 9.47 Å². The van der Waals surface area contributed by atoms with Crippen molar-refractivity contribution in [3.8, 4) is 11.5 Å². The second-order valence-electron chi connectivity index (χ2n) is 5.97. The van der Waals surface area contributed by atoms with Gasteiger partial charge in [0.2, 0.25) is 10.0 Å². The van der Waals surface area contributed by atoms with Gasteiger partial charge in [0.1, 0.15) is 16.4 Å². The minimum absolute atomic E-state index is 0.0817. The lowest BCUT2D eigenvalue weighted by Crippen LogP contribution is -2.24. The average Bonchev–Trinajstić information content (AvgIpc) is 2.67. The Balaban J connectivity index is 2.14. The molecule has 1 amide bonds. The van der Waals surface area contributed by atoms with E-state index >= 15 is 0 Å². The Hall–Kier alpha value is -3.18. The Kier molecular flexibility index (Phi) is 7.13. The smallest absolute Gasteiger partial charge is 0.273 e. The first-order valence-corrected chi connectivity index (χ1v) is 9.95. The third-order valence-corrected chi connectivity index (χ3v) is 5.52. The molecule has 10 nitrogen and oxygen atoms in total. The van der Waals surface area contributed by atoms with E-state index in [0.29, 0.717) is 0 Å². The van der Waals surface area contributed by atoms with Crippen LogP contribution in [0.25, 0.3) is 0 Å². The molecule has 2 aromatic carbocycles. The molecule has 0 bridgehead atoms. The van der Waals surface area contributed by atoms with E-state index in [9.17, 15) is 23.3 Å². The Labute approximate surface area is 168 Å². The summed E-state index contributed by atoms with van der Waals surface area (Å²) < 4.78 is 36.7. The summed E-state index contributed by atoms with van der Waals surface area (Å²) in [5.41, 5.74) is 0.0782. The van der Waals surface area contributed by atoms with Crippen LogP contribution in [-0.2, 0) is 14.8 Å². The fraction of sp³-hybridized carbons (Fsp3) is 0.278. The van der Waals surface area contributed by atoms with Crippen LogP contribution in [0.15, 0.2) is 47.4 Å². The zero-order valence-corrected chi connectivity index (χ0v) is 16.9. The third kappa shape index (κ3) is 5.65. The van der Waals surface area contributed by atoms with Gasteiger partial charge in [0, 0.05) is 25.8 Å². The van der Waals surface area contributed by atoms with Crippen LogP contribution in [0.3, 0.4) is 0 Å². The molecule has 0 heterocycles. The third-order valence-electron chi connectivity index (χ3n) is 3.68. The maximum atomic E-state index is 12.5. The van der Waals surface area contributed by atoms with Gasteiger partial charge in [-0.2, -0.15) is 0 Å². The quantitative estimate of drug-likeness (QED) is 0.484.